The Morgan fingerprint density at radius 2 is 2.00 bits per heavy atom. The van der Waals surface area contributed by atoms with E-state index in [0.717, 1.165) is 18.5 Å². The molecule has 2 rings (SSSR count). The summed E-state index contributed by atoms with van der Waals surface area (Å²) in [7, 11) is 0. The van der Waals surface area contributed by atoms with E-state index < -0.39 is 17.8 Å². The molecule has 0 saturated carbocycles. The average molecular weight is 347 g/mol. The normalized spacial score (nSPS) is 16.0. The van der Waals surface area contributed by atoms with Crippen molar-refractivity contribution < 1.29 is 19.4 Å². The van der Waals surface area contributed by atoms with Crippen LogP contribution in [0.1, 0.15) is 39.3 Å². The highest BCUT2D eigenvalue weighted by atomic mass is 16.6. The van der Waals surface area contributed by atoms with Gasteiger partial charge in [0.05, 0.1) is 5.69 Å². The first-order valence-electron chi connectivity index (χ1n) is 8.36. The zero-order valence-electron chi connectivity index (χ0n) is 14.9. The van der Waals surface area contributed by atoms with Crippen molar-refractivity contribution in [2.75, 3.05) is 18.4 Å². The van der Waals surface area contributed by atoms with E-state index >= 15 is 0 Å². The molecule has 7 heteroatoms. The maximum absolute atomic E-state index is 11.8. The molecule has 0 bridgehead atoms. The summed E-state index contributed by atoms with van der Waals surface area (Å²) in [6, 6.07) is 5.36. The van der Waals surface area contributed by atoms with Crippen LogP contribution >= 0.6 is 0 Å². The molecule has 0 atom stereocenters. The van der Waals surface area contributed by atoms with Gasteiger partial charge in [-0.15, -0.1) is 0 Å². The molecule has 7 nitrogen and oxygen atoms in total. The summed E-state index contributed by atoms with van der Waals surface area (Å²) in [5.74, 6) is 0.761. The number of carbonyl (C=O) groups is 2. The maximum Gasteiger partial charge on any atom is 0.413 e. The van der Waals surface area contributed by atoms with Crippen molar-refractivity contribution in [3.63, 3.8) is 0 Å². The highest BCUT2D eigenvalue weighted by Crippen LogP contribution is 2.20. The second kappa shape index (κ2) is 8.00. The van der Waals surface area contributed by atoms with Gasteiger partial charge in [0.1, 0.15) is 11.4 Å². The minimum atomic E-state index is -0.856. The summed E-state index contributed by atoms with van der Waals surface area (Å²) < 4.78 is 5.21. The Balaban J connectivity index is 1.91. The van der Waals surface area contributed by atoms with Crippen LogP contribution in [0.2, 0.25) is 0 Å². The molecular weight excluding hydrogens is 322 g/mol. The molecule has 1 aromatic rings. The van der Waals surface area contributed by atoms with Gasteiger partial charge in [0.25, 0.3) is 0 Å². The predicted molar refractivity (Wildman–Crippen MR) is 95.4 cm³/mol. The fraction of sp³-hybridized carbons (Fsp3) is 0.500. The van der Waals surface area contributed by atoms with Gasteiger partial charge in [-0.3, -0.25) is 5.32 Å². The quantitative estimate of drug-likeness (QED) is 0.867. The molecule has 2 amide bonds. The number of ether oxygens (including phenoxy) is 1. The van der Waals surface area contributed by atoms with Crippen molar-refractivity contribution in [3.05, 3.63) is 30.0 Å². The lowest BCUT2D eigenvalue weighted by molar-refractivity contribution is 0.0635. The molecular formula is C18H25N3O4. The van der Waals surface area contributed by atoms with Gasteiger partial charge >= 0.3 is 12.2 Å². The van der Waals surface area contributed by atoms with Gasteiger partial charge in [-0.2, -0.15) is 0 Å². The van der Waals surface area contributed by atoms with Crippen LogP contribution in [0.15, 0.2) is 24.3 Å². The third-order valence-corrected chi connectivity index (χ3v) is 3.75. The minimum absolute atomic E-state index is 0.333. The SMILES string of the molecule is CC(C)(C)OC(=O)Nc1cccc(C=CC2CCN(C(=O)O)CC2)n1. The number of likely N-dealkylation sites (tertiary alicyclic amines) is 1. The Kier molecular flexibility index (Phi) is 6.01. The molecule has 1 aliphatic heterocycles. The molecule has 25 heavy (non-hydrogen) atoms. The second-order valence-electron chi connectivity index (χ2n) is 7.04. The number of anilines is 1. The van der Waals surface area contributed by atoms with E-state index in [1.165, 1.54) is 4.90 Å². The predicted octanol–water partition coefficient (Wildman–Crippen LogP) is 3.83. The molecule has 0 radical (unpaired) electrons. The van der Waals surface area contributed by atoms with E-state index in [4.69, 9.17) is 9.84 Å². The Morgan fingerprint density at radius 1 is 1.32 bits per heavy atom. The molecule has 0 spiro atoms. The van der Waals surface area contributed by atoms with Crippen molar-refractivity contribution in [2.24, 2.45) is 5.92 Å². The van der Waals surface area contributed by atoms with Crippen LogP contribution in [0.4, 0.5) is 15.4 Å². The number of aromatic nitrogens is 1. The Labute approximate surface area is 147 Å². The first-order chi connectivity index (χ1) is 11.7. The molecule has 0 unspecified atom stereocenters. The van der Waals surface area contributed by atoms with E-state index in [2.05, 4.69) is 16.4 Å². The zero-order valence-corrected chi connectivity index (χ0v) is 14.9. The number of amides is 2. The molecule has 136 valence electrons. The largest absolute Gasteiger partial charge is 0.465 e. The number of hydrogen-bond acceptors (Lipinski definition) is 4. The number of nitrogens with zero attached hydrogens (tertiary/aromatic N) is 2. The smallest absolute Gasteiger partial charge is 0.413 e. The summed E-state index contributed by atoms with van der Waals surface area (Å²) in [5, 5.41) is 11.6. The molecule has 1 saturated heterocycles. The van der Waals surface area contributed by atoms with E-state index in [9.17, 15) is 9.59 Å². The maximum atomic E-state index is 11.8. The molecule has 0 aromatic carbocycles. The van der Waals surface area contributed by atoms with Crippen LogP contribution in [-0.4, -0.2) is 45.9 Å². The second-order valence-corrected chi connectivity index (χ2v) is 7.04. The van der Waals surface area contributed by atoms with Crippen LogP contribution in [0.3, 0.4) is 0 Å². The van der Waals surface area contributed by atoms with Gasteiger partial charge in [-0.25, -0.2) is 14.6 Å². The summed E-state index contributed by atoms with van der Waals surface area (Å²) in [5.41, 5.74) is 0.168. The summed E-state index contributed by atoms with van der Waals surface area (Å²) in [6.45, 7) is 6.51. The average Bonchev–Trinajstić information content (AvgIpc) is 2.52. The number of hydrogen-bond donors (Lipinski definition) is 2. The molecule has 2 heterocycles. The fourth-order valence-corrected chi connectivity index (χ4v) is 2.54. The molecule has 1 aliphatic rings. The van der Waals surface area contributed by atoms with E-state index in [-0.39, 0.29) is 0 Å². The van der Waals surface area contributed by atoms with Crippen LogP contribution in [0, 0.1) is 5.92 Å². The van der Waals surface area contributed by atoms with Gasteiger partial charge in [0.2, 0.25) is 0 Å². The van der Waals surface area contributed by atoms with E-state index in [0.29, 0.717) is 24.8 Å². The van der Waals surface area contributed by atoms with Crippen LogP contribution in [-0.2, 0) is 4.74 Å². The highest BCUT2D eigenvalue weighted by Gasteiger charge is 2.20. The van der Waals surface area contributed by atoms with Crippen LogP contribution in [0.25, 0.3) is 6.08 Å². The van der Waals surface area contributed by atoms with Gasteiger partial charge in [0.15, 0.2) is 0 Å². The summed E-state index contributed by atoms with van der Waals surface area (Å²) in [4.78, 5) is 28.5. The van der Waals surface area contributed by atoms with Gasteiger partial charge in [-0.05, 0) is 57.7 Å². The molecule has 1 aromatic heterocycles. The van der Waals surface area contributed by atoms with Crippen molar-refractivity contribution in [1.29, 1.82) is 0 Å². The summed E-state index contributed by atoms with van der Waals surface area (Å²) in [6.07, 6.45) is 4.17. The van der Waals surface area contributed by atoms with Crippen molar-refractivity contribution >= 4 is 24.1 Å². The lowest BCUT2D eigenvalue weighted by Crippen LogP contribution is -2.36. The lowest BCUT2D eigenvalue weighted by Gasteiger charge is -2.28. The van der Waals surface area contributed by atoms with E-state index in [1.54, 1.807) is 26.8 Å². The standard InChI is InChI=1S/C18H25N3O4/c1-18(2,3)25-16(22)20-15-6-4-5-14(19-15)8-7-13-9-11-21(12-10-13)17(23)24/h4-8,13H,9-12H2,1-3H3,(H,23,24)(H,19,20,22). The van der Waals surface area contributed by atoms with Crippen molar-refractivity contribution in [1.82, 2.24) is 9.88 Å². The van der Waals surface area contributed by atoms with Crippen LogP contribution < -0.4 is 5.32 Å². The number of rotatable bonds is 3. The molecule has 1 fully saturated rings. The molecule has 0 aliphatic carbocycles. The van der Waals surface area contributed by atoms with Crippen LogP contribution in [0.5, 0.6) is 0 Å². The Morgan fingerprint density at radius 3 is 2.60 bits per heavy atom. The monoisotopic (exact) mass is 347 g/mol. The number of pyridine rings is 1. The summed E-state index contributed by atoms with van der Waals surface area (Å²) >= 11 is 0. The van der Waals surface area contributed by atoms with Gasteiger partial charge in [0, 0.05) is 13.1 Å². The number of nitrogens with one attached hydrogen (secondary N) is 1. The number of carbonyl (C=O) groups excluding carboxylic acids is 1. The van der Waals surface area contributed by atoms with Crippen molar-refractivity contribution in [3.8, 4) is 0 Å². The third kappa shape index (κ3) is 6.45. The first-order valence-corrected chi connectivity index (χ1v) is 8.36. The van der Waals surface area contributed by atoms with Gasteiger partial charge in [-0.1, -0.05) is 12.1 Å². The third-order valence-electron chi connectivity index (χ3n) is 3.75. The number of carboxylic acid groups (broad SMARTS) is 1. The zero-order chi connectivity index (χ0) is 18.4. The fourth-order valence-electron chi connectivity index (χ4n) is 2.54. The van der Waals surface area contributed by atoms with Crippen molar-refractivity contribution in [2.45, 2.75) is 39.2 Å². The molecule has 2 N–H and O–H groups in total. The Bertz CT molecular complexity index is 644. The number of allylic oxidation sites excluding steroid dienone is 1. The highest BCUT2D eigenvalue weighted by molar-refractivity contribution is 5.83. The minimum Gasteiger partial charge on any atom is -0.465 e. The first kappa shape index (κ1) is 18.8. The topological polar surface area (TPSA) is 91.8 Å². The van der Waals surface area contributed by atoms with E-state index in [1.807, 2.05) is 18.2 Å². The Hall–Kier alpha value is -2.57. The lowest BCUT2D eigenvalue weighted by atomic mass is 9.96. The number of piperidine rings is 1. The van der Waals surface area contributed by atoms with Gasteiger partial charge < -0.3 is 14.7 Å².